The molecule has 0 amide bonds. The second-order valence-electron chi connectivity index (χ2n) is 8.93. The first kappa shape index (κ1) is 21.6. The van der Waals surface area contributed by atoms with E-state index in [4.69, 9.17) is 26.6 Å². The van der Waals surface area contributed by atoms with Gasteiger partial charge in [-0.05, 0) is 42.6 Å². The molecule has 0 bridgehead atoms. The molecule has 2 N–H and O–H groups in total. The highest BCUT2D eigenvalue weighted by Gasteiger charge is 2.41. The lowest BCUT2D eigenvalue weighted by molar-refractivity contribution is 0.143. The van der Waals surface area contributed by atoms with E-state index in [0.717, 1.165) is 64.1 Å². The molecule has 172 valence electrons. The van der Waals surface area contributed by atoms with Crippen molar-refractivity contribution in [3.05, 3.63) is 45.6 Å². The number of aliphatic hydroxyl groups excluding tert-OH is 1. The van der Waals surface area contributed by atoms with E-state index in [1.165, 1.54) is 4.88 Å². The smallest absolute Gasteiger partial charge is 0.228 e. The van der Waals surface area contributed by atoms with Gasteiger partial charge in [-0.1, -0.05) is 23.7 Å². The maximum absolute atomic E-state index is 12.7. The Bertz CT molecular complexity index is 1190. The van der Waals surface area contributed by atoms with Gasteiger partial charge in [0.1, 0.15) is 16.5 Å². The van der Waals surface area contributed by atoms with E-state index in [1.807, 2.05) is 24.3 Å². The van der Waals surface area contributed by atoms with Crippen molar-refractivity contribution in [1.82, 2.24) is 15.0 Å². The fourth-order valence-corrected chi connectivity index (χ4v) is 7.17. The van der Waals surface area contributed by atoms with Crippen LogP contribution in [0.25, 0.3) is 10.6 Å². The second kappa shape index (κ2) is 8.39. The number of rotatable bonds is 5. The van der Waals surface area contributed by atoms with Gasteiger partial charge in [0.2, 0.25) is 10.8 Å². The number of thiazole rings is 1. The van der Waals surface area contributed by atoms with Crippen LogP contribution in [0.1, 0.15) is 35.5 Å². The molecule has 10 heteroatoms. The van der Waals surface area contributed by atoms with E-state index in [9.17, 15) is 9.66 Å². The van der Waals surface area contributed by atoms with E-state index >= 15 is 0 Å². The summed E-state index contributed by atoms with van der Waals surface area (Å²) in [6, 6.07) is 7.79. The van der Waals surface area contributed by atoms with Crippen LogP contribution in [0.3, 0.4) is 0 Å². The summed E-state index contributed by atoms with van der Waals surface area (Å²) in [7, 11) is 0. The van der Waals surface area contributed by atoms with Gasteiger partial charge in [-0.3, -0.25) is 0 Å². The third-order valence-electron chi connectivity index (χ3n) is 6.77. The molecule has 1 aromatic carbocycles. The zero-order valence-electron chi connectivity index (χ0n) is 18.0. The molecule has 0 spiro atoms. The monoisotopic (exact) mass is 501 g/mol. The van der Waals surface area contributed by atoms with Crippen LogP contribution in [0.2, 0.25) is 5.02 Å². The Balaban J connectivity index is 1.30. The lowest BCUT2D eigenvalue weighted by Crippen LogP contribution is -2.49. The van der Waals surface area contributed by atoms with Crippen LogP contribution in [0.5, 0.6) is 0 Å². The van der Waals surface area contributed by atoms with Crippen LogP contribution in [0.4, 0.5) is 11.8 Å². The Labute approximate surface area is 204 Å². The highest BCUT2D eigenvalue weighted by atomic mass is 35.5. The minimum Gasteiger partial charge on any atom is -0.611 e. The first-order valence-electron chi connectivity index (χ1n) is 11.2. The van der Waals surface area contributed by atoms with Crippen molar-refractivity contribution >= 4 is 45.9 Å². The highest BCUT2D eigenvalue weighted by molar-refractivity contribution is 7.91. The number of hydrogen-bond donors (Lipinski definition) is 2. The predicted octanol–water partition coefficient (Wildman–Crippen LogP) is 3.81. The number of fused-ring (bicyclic) bond motifs is 2. The lowest BCUT2D eigenvalue weighted by atomic mass is 9.77. The molecule has 0 unspecified atom stereocenters. The van der Waals surface area contributed by atoms with Crippen molar-refractivity contribution in [2.24, 2.45) is 0 Å². The Kier molecular flexibility index (Phi) is 5.49. The van der Waals surface area contributed by atoms with Gasteiger partial charge in [0.05, 0.1) is 24.4 Å². The molecule has 1 aliphatic carbocycles. The fraction of sp³-hybridized carbons (Fsp3) is 0.435. The standard InChI is InChI=1S/C23H24ClN5O2S2/c24-15-4-2-14(3-5-15)21-25-17-12-29(10-6-18(17)32-21)22-26-16-7-11-33(31)19(16)20(27-22)28-23(13-30)8-1-9-23/h2-5,30H,1,6-13H2,(H,26,27,28)/t33-/m1/s1. The molecule has 1 saturated carbocycles. The van der Waals surface area contributed by atoms with Gasteiger partial charge >= 0.3 is 0 Å². The van der Waals surface area contributed by atoms with Gasteiger partial charge in [-0.2, -0.15) is 4.98 Å². The molecular formula is C23H24ClN5O2S2. The predicted molar refractivity (Wildman–Crippen MR) is 132 cm³/mol. The fourth-order valence-electron chi connectivity index (χ4n) is 4.67. The van der Waals surface area contributed by atoms with Gasteiger partial charge in [-0.15, -0.1) is 11.3 Å². The third kappa shape index (κ3) is 3.89. The van der Waals surface area contributed by atoms with Crippen LogP contribution in [0, 0.1) is 0 Å². The van der Waals surface area contributed by atoms with Crippen molar-refractivity contribution in [1.29, 1.82) is 0 Å². The largest absolute Gasteiger partial charge is 0.611 e. The molecule has 2 aliphatic heterocycles. The molecule has 2 aromatic heterocycles. The molecule has 0 saturated heterocycles. The van der Waals surface area contributed by atoms with Crippen molar-refractivity contribution in [3.63, 3.8) is 0 Å². The average Bonchev–Trinajstić information content (AvgIpc) is 3.39. The van der Waals surface area contributed by atoms with Crippen LogP contribution < -0.4 is 10.2 Å². The number of halogens is 1. The van der Waals surface area contributed by atoms with Gasteiger partial charge in [0, 0.05) is 34.8 Å². The summed E-state index contributed by atoms with van der Waals surface area (Å²) in [5.74, 6) is 1.86. The average molecular weight is 502 g/mol. The second-order valence-corrected chi connectivity index (χ2v) is 12.0. The minimum atomic E-state index is -1.10. The Morgan fingerprint density at radius 1 is 1.15 bits per heavy atom. The molecular weight excluding hydrogens is 478 g/mol. The van der Waals surface area contributed by atoms with Gasteiger partial charge in [-0.25, -0.2) is 9.97 Å². The minimum absolute atomic E-state index is 0.0487. The summed E-state index contributed by atoms with van der Waals surface area (Å²) in [4.78, 5) is 18.7. The summed E-state index contributed by atoms with van der Waals surface area (Å²) in [5, 5.41) is 15.1. The molecule has 1 fully saturated rings. The normalized spacial score (nSPS) is 20.8. The lowest BCUT2D eigenvalue weighted by Gasteiger charge is -2.41. The summed E-state index contributed by atoms with van der Waals surface area (Å²) in [5.41, 5.74) is 2.63. The van der Waals surface area contributed by atoms with Gasteiger partial charge < -0.3 is 19.9 Å². The van der Waals surface area contributed by atoms with Crippen molar-refractivity contribution < 1.29 is 9.66 Å². The number of aliphatic hydroxyl groups is 1. The van der Waals surface area contributed by atoms with Crippen molar-refractivity contribution in [3.8, 4) is 10.6 Å². The number of hydrogen-bond acceptors (Lipinski definition) is 8. The number of benzene rings is 1. The van der Waals surface area contributed by atoms with E-state index < -0.39 is 11.2 Å². The highest BCUT2D eigenvalue weighted by Crippen LogP contribution is 2.40. The number of aromatic nitrogens is 3. The zero-order valence-corrected chi connectivity index (χ0v) is 20.4. The van der Waals surface area contributed by atoms with Gasteiger partial charge in [0.15, 0.2) is 5.82 Å². The third-order valence-corrected chi connectivity index (χ3v) is 9.69. The quantitative estimate of drug-likeness (QED) is 0.513. The Hall–Kier alpha value is -1.91. The Morgan fingerprint density at radius 3 is 2.70 bits per heavy atom. The SMILES string of the molecule is [O-][S@+]1CCc2nc(N3CCc4sc(-c5ccc(Cl)cc5)nc4C3)nc(NC3(CO)CCC3)c21. The first-order chi connectivity index (χ1) is 16.0. The number of nitrogens with zero attached hydrogens (tertiary/aromatic N) is 4. The zero-order chi connectivity index (χ0) is 22.6. The number of nitrogens with one attached hydrogen (secondary N) is 1. The van der Waals surface area contributed by atoms with Crippen LogP contribution in [0.15, 0.2) is 29.2 Å². The van der Waals surface area contributed by atoms with Crippen LogP contribution >= 0.6 is 22.9 Å². The van der Waals surface area contributed by atoms with Crippen molar-refractivity contribution in [2.75, 3.05) is 29.1 Å². The molecule has 3 aliphatic rings. The topological polar surface area (TPSA) is 97.2 Å². The van der Waals surface area contributed by atoms with Crippen LogP contribution in [-0.4, -0.2) is 49.1 Å². The van der Waals surface area contributed by atoms with E-state index in [0.29, 0.717) is 30.5 Å². The number of aryl methyl sites for hydroxylation is 1. The molecule has 3 aromatic rings. The van der Waals surface area contributed by atoms with Crippen LogP contribution in [-0.2, 0) is 30.6 Å². The summed E-state index contributed by atoms with van der Waals surface area (Å²) in [6.07, 6.45) is 4.43. The van der Waals surface area contributed by atoms with E-state index in [-0.39, 0.29) is 12.1 Å². The molecule has 0 radical (unpaired) electrons. The maximum Gasteiger partial charge on any atom is 0.228 e. The Morgan fingerprint density at radius 2 is 1.97 bits per heavy atom. The molecule has 6 rings (SSSR count). The van der Waals surface area contributed by atoms with Crippen molar-refractivity contribution in [2.45, 2.75) is 49.1 Å². The number of anilines is 2. The summed E-state index contributed by atoms with van der Waals surface area (Å²) < 4.78 is 12.7. The molecule has 33 heavy (non-hydrogen) atoms. The summed E-state index contributed by atoms with van der Waals surface area (Å²) >= 11 is 6.67. The first-order valence-corrected chi connectivity index (χ1v) is 13.7. The maximum atomic E-state index is 12.7. The summed E-state index contributed by atoms with van der Waals surface area (Å²) in [6.45, 7) is 1.50. The molecule has 7 nitrogen and oxygen atoms in total. The van der Waals surface area contributed by atoms with E-state index in [2.05, 4.69) is 10.2 Å². The van der Waals surface area contributed by atoms with Gasteiger partial charge in [0.25, 0.3) is 0 Å². The molecule has 4 heterocycles. The van der Waals surface area contributed by atoms with E-state index in [1.54, 1.807) is 11.3 Å². The molecule has 1 atom stereocenters.